The molecule has 1 aliphatic carbocycles. The number of methoxy groups -OCH3 is 1. The van der Waals surface area contributed by atoms with Crippen LogP contribution in [0, 0.1) is 0 Å². The fourth-order valence-electron chi connectivity index (χ4n) is 2.04. The Morgan fingerprint density at radius 2 is 2.27 bits per heavy atom. The first-order valence-electron chi connectivity index (χ1n) is 4.99. The van der Waals surface area contributed by atoms with Crippen molar-refractivity contribution >= 4 is 11.6 Å². The third-order valence-corrected chi connectivity index (χ3v) is 3.46. The van der Waals surface area contributed by atoms with Crippen LogP contribution >= 0.6 is 11.6 Å². The average Bonchev–Trinajstić information content (AvgIpc) is 2.98. The maximum atomic E-state index is 9.80. The summed E-state index contributed by atoms with van der Waals surface area (Å²) in [5, 5.41) is 10.4. The van der Waals surface area contributed by atoms with E-state index in [1.807, 2.05) is 0 Å². The maximum absolute atomic E-state index is 9.80. The number of pyridine rings is 1. The van der Waals surface area contributed by atoms with Crippen molar-refractivity contribution in [2.24, 2.45) is 0 Å². The molecule has 0 spiro atoms. The quantitative estimate of drug-likeness (QED) is 0.861. The molecule has 1 N–H and O–H groups in total. The molecule has 1 unspecified atom stereocenters. The van der Waals surface area contributed by atoms with Crippen LogP contribution in [0.3, 0.4) is 0 Å². The van der Waals surface area contributed by atoms with E-state index < -0.39 is 6.10 Å². The molecule has 2 rings (SSSR count). The molecule has 0 radical (unpaired) electrons. The predicted molar refractivity (Wildman–Crippen MR) is 58.4 cm³/mol. The monoisotopic (exact) mass is 227 g/mol. The number of halogens is 1. The van der Waals surface area contributed by atoms with Gasteiger partial charge in [0, 0.05) is 17.2 Å². The summed E-state index contributed by atoms with van der Waals surface area (Å²) in [4.78, 5) is 4.13. The van der Waals surface area contributed by atoms with E-state index in [0.29, 0.717) is 10.9 Å². The van der Waals surface area contributed by atoms with E-state index in [0.717, 1.165) is 18.4 Å². The van der Waals surface area contributed by atoms with E-state index >= 15 is 0 Å². The first-order valence-corrected chi connectivity index (χ1v) is 5.36. The number of aromatic nitrogens is 1. The Kier molecular flexibility index (Phi) is 2.61. The van der Waals surface area contributed by atoms with E-state index in [4.69, 9.17) is 16.3 Å². The highest BCUT2D eigenvalue weighted by Crippen LogP contribution is 2.55. The van der Waals surface area contributed by atoms with Crippen LogP contribution in [-0.2, 0) is 5.41 Å². The van der Waals surface area contributed by atoms with Gasteiger partial charge in [-0.25, -0.2) is 4.98 Å². The molecule has 1 fully saturated rings. The van der Waals surface area contributed by atoms with Crippen molar-refractivity contribution in [3.05, 3.63) is 22.8 Å². The van der Waals surface area contributed by atoms with Gasteiger partial charge in [-0.1, -0.05) is 11.6 Å². The second-order valence-electron chi connectivity index (χ2n) is 4.01. The van der Waals surface area contributed by atoms with Crippen LogP contribution in [0.25, 0.3) is 0 Å². The second-order valence-corrected chi connectivity index (χ2v) is 4.42. The molecule has 1 aliphatic rings. The zero-order valence-electron chi connectivity index (χ0n) is 8.83. The minimum Gasteiger partial charge on any atom is -0.481 e. The lowest BCUT2D eigenvalue weighted by Crippen LogP contribution is -2.24. The Morgan fingerprint density at radius 1 is 1.60 bits per heavy atom. The summed E-state index contributed by atoms with van der Waals surface area (Å²) in [5.74, 6) is 0.529. The number of hydrogen-bond donors (Lipinski definition) is 1. The molecule has 15 heavy (non-hydrogen) atoms. The van der Waals surface area contributed by atoms with Gasteiger partial charge in [-0.05, 0) is 25.8 Å². The smallest absolute Gasteiger partial charge is 0.218 e. The topological polar surface area (TPSA) is 42.4 Å². The van der Waals surface area contributed by atoms with Gasteiger partial charge in [0.15, 0.2) is 0 Å². The fourth-order valence-corrected chi connectivity index (χ4v) is 2.36. The number of aliphatic hydroxyl groups is 1. The fraction of sp³-hybridized carbons (Fsp3) is 0.545. The lowest BCUT2D eigenvalue weighted by Gasteiger charge is -2.21. The number of nitrogens with zero attached hydrogens (tertiary/aromatic N) is 1. The summed E-state index contributed by atoms with van der Waals surface area (Å²) in [6.45, 7) is 1.79. The van der Waals surface area contributed by atoms with E-state index in [1.54, 1.807) is 26.3 Å². The normalized spacial score (nSPS) is 19.7. The molecule has 3 nitrogen and oxygen atoms in total. The molecule has 0 saturated heterocycles. The van der Waals surface area contributed by atoms with E-state index in [2.05, 4.69) is 4.98 Å². The molecule has 4 heteroatoms. The SMILES string of the molecule is COc1nccc(Cl)c1C1(C(C)O)CC1. The van der Waals surface area contributed by atoms with Crippen molar-refractivity contribution < 1.29 is 9.84 Å². The van der Waals surface area contributed by atoms with Crippen LogP contribution in [0.1, 0.15) is 25.3 Å². The largest absolute Gasteiger partial charge is 0.481 e. The summed E-state index contributed by atoms with van der Waals surface area (Å²) in [7, 11) is 1.57. The van der Waals surface area contributed by atoms with Gasteiger partial charge in [-0.2, -0.15) is 0 Å². The van der Waals surface area contributed by atoms with Gasteiger partial charge in [-0.3, -0.25) is 0 Å². The molecule has 0 aromatic carbocycles. The Labute approximate surface area is 94.0 Å². The zero-order chi connectivity index (χ0) is 11.1. The van der Waals surface area contributed by atoms with Crippen LogP contribution in [0.4, 0.5) is 0 Å². The average molecular weight is 228 g/mol. The van der Waals surface area contributed by atoms with Crippen molar-refractivity contribution in [3.63, 3.8) is 0 Å². The van der Waals surface area contributed by atoms with Crippen molar-refractivity contribution in [2.75, 3.05) is 7.11 Å². The Balaban J connectivity index is 2.51. The molecule has 1 atom stereocenters. The van der Waals surface area contributed by atoms with Gasteiger partial charge < -0.3 is 9.84 Å². The first-order chi connectivity index (χ1) is 7.12. The van der Waals surface area contributed by atoms with Crippen LogP contribution in [-0.4, -0.2) is 23.3 Å². The third kappa shape index (κ3) is 1.60. The number of hydrogen-bond acceptors (Lipinski definition) is 3. The van der Waals surface area contributed by atoms with Crippen molar-refractivity contribution in [3.8, 4) is 5.88 Å². The standard InChI is InChI=1S/C11H14ClNO2/c1-7(14)11(4-5-11)9-8(12)3-6-13-10(9)15-2/h3,6-7,14H,4-5H2,1-2H3. The molecular weight excluding hydrogens is 214 g/mol. The molecule has 1 heterocycles. The summed E-state index contributed by atoms with van der Waals surface area (Å²) in [6.07, 6.45) is 3.06. The summed E-state index contributed by atoms with van der Waals surface area (Å²) < 4.78 is 5.20. The molecule has 1 saturated carbocycles. The van der Waals surface area contributed by atoms with Gasteiger partial charge in [-0.15, -0.1) is 0 Å². The number of rotatable bonds is 3. The summed E-state index contributed by atoms with van der Waals surface area (Å²) in [6, 6.07) is 1.74. The molecule has 1 aromatic rings. The Bertz CT molecular complexity index is 375. The van der Waals surface area contributed by atoms with Crippen LogP contribution in [0.15, 0.2) is 12.3 Å². The third-order valence-electron chi connectivity index (χ3n) is 3.14. The van der Waals surface area contributed by atoms with Crippen molar-refractivity contribution in [1.82, 2.24) is 4.98 Å². The lowest BCUT2D eigenvalue weighted by molar-refractivity contribution is 0.148. The minimum absolute atomic E-state index is 0.239. The van der Waals surface area contributed by atoms with Crippen molar-refractivity contribution in [1.29, 1.82) is 0 Å². The summed E-state index contributed by atoms with van der Waals surface area (Å²) in [5.41, 5.74) is 0.612. The van der Waals surface area contributed by atoms with Gasteiger partial charge in [0.2, 0.25) is 5.88 Å². The number of ether oxygens (including phenoxy) is 1. The second kappa shape index (κ2) is 3.65. The van der Waals surface area contributed by atoms with Crippen molar-refractivity contribution in [2.45, 2.75) is 31.3 Å². The van der Waals surface area contributed by atoms with Gasteiger partial charge >= 0.3 is 0 Å². The number of aliphatic hydroxyl groups excluding tert-OH is 1. The Morgan fingerprint density at radius 3 is 2.73 bits per heavy atom. The highest BCUT2D eigenvalue weighted by Gasteiger charge is 2.51. The molecule has 0 aliphatic heterocycles. The van der Waals surface area contributed by atoms with Gasteiger partial charge in [0.1, 0.15) is 0 Å². The molecule has 0 amide bonds. The van der Waals surface area contributed by atoms with Crippen LogP contribution < -0.4 is 4.74 Å². The van der Waals surface area contributed by atoms with Crippen LogP contribution in [0.2, 0.25) is 5.02 Å². The maximum Gasteiger partial charge on any atom is 0.218 e. The highest BCUT2D eigenvalue weighted by atomic mass is 35.5. The van der Waals surface area contributed by atoms with E-state index in [-0.39, 0.29) is 5.41 Å². The predicted octanol–water partition coefficient (Wildman–Crippen LogP) is 2.16. The molecule has 1 aromatic heterocycles. The first kappa shape index (κ1) is 10.7. The molecule has 82 valence electrons. The van der Waals surface area contributed by atoms with Crippen LogP contribution in [0.5, 0.6) is 5.88 Å². The molecule has 0 bridgehead atoms. The van der Waals surface area contributed by atoms with Gasteiger partial charge in [0.05, 0.1) is 18.2 Å². The minimum atomic E-state index is -0.423. The molecular formula is C11H14ClNO2. The zero-order valence-corrected chi connectivity index (χ0v) is 9.58. The van der Waals surface area contributed by atoms with Gasteiger partial charge in [0.25, 0.3) is 0 Å². The summed E-state index contributed by atoms with van der Waals surface area (Å²) >= 11 is 6.15. The van der Waals surface area contributed by atoms with E-state index in [1.165, 1.54) is 0 Å². The van der Waals surface area contributed by atoms with E-state index in [9.17, 15) is 5.11 Å². The Hall–Kier alpha value is -0.800. The highest BCUT2D eigenvalue weighted by molar-refractivity contribution is 6.31. The lowest BCUT2D eigenvalue weighted by atomic mass is 9.91.